The highest BCUT2D eigenvalue weighted by atomic mass is 19.1. The Labute approximate surface area is 145 Å². The third kappa shape index (κ3) is 5.04. The Balaban J connectivity index is 1.95. The van der Waals surface area contributed by atoms with Gasteiger partial charge in [0.05, 0.1) is 5.92 Å². The van der Waals surface area contributed by atoms with Gasteiger partial charge < -0.3 is 5.32 Å². The van der Waals surface area contributed by atoms with Crippen LogP contribution in [-0.2, 0) is 11.3 Å². The van der Waals surface area contributed by atoms with Gasteiger partial charge in [-0.3, -0.25) is 9.69 Å². The van der Waals surface area contributed by atoms with Crippen molar-refractivity contribution in [2.75, 3.05) is 13.1 Å². The lowest BCUT2D eigenvalue weighted by Crippen LogP contribution is -2.48. The molecule has 0 bridgehead atoms. The quantitative estimate of drug-likeness (QED) is 0.857. The highest BCUT2D eigenvalue weighted by Gasteiger charge is 2.29. The van der Waals surface area contributed by atoms with Gasteiger partial charge in [0.25, 0.3) is 0 Å². The fraction of sp³-hybridized carbons (Fsp3) is 0.650. The van der Waals surface area contributed by atoms with Gasteiger partial charge in [0.2, 0.25) is 5.91 Å². The molecule has 1 atom stereocenters. The van der Waals surface area contributed by atoms with Crippen molar-refractivity contribution in [2.24, 2.45) is 17.8 Å². The standard InChI is InChI=1S/C20H31FN2O/c1-14(2)19(15(3)4)22-20(24)17-9-7-11-23(13-17)12-16-8-5-6-10-18(16)21/h5-6,8,10,14-15,17,19H,7,9,11-13H2,1-4H3,(H,22,24). The number of carbonyl (C=O) groups excluding carboxylic acids is 1. The van der Waals surface area contributed by atoms with Crippen LogP contribution in [0.15, 0.2) is 24.3 Å². The summed E-state index contributed by atoms with van der Waals surface area (Å²) in [6, 6.07) is 7.11. The predicted octanol–water partition coefficient (Wildman–Crippen LogP) is 3.83. The summed E-state index contributed by atoms with van der Waals surface area (Å²) in [5.74, 6) is 0.842. The first-order valence-electron chi connectivity index (χ1n) is 9.14. The number of halogens is 1. The van der Waals surface area contributed by atoms with Gasteiger partial charge in [0.15, 0.2) is 0 Å². The van der Waals surface area contributed by atoms with Gasteiger partial charge in [0, 0.05) is 24.7 Å². The second kappa shape index (κ2) is 8.61. The number of nitrogens with one attached hydrogen (secondary N) is 1. The molecule has 1 amide bonds. The van der Waals surface area contributed by atoms with Crippen molar-refractivity contribution in [3.63, 3.8) is 0 Å². The second-order valence-corrected chi connectivity index (χ2v) is 7.69. The molecule has 0 aromatic heterocycles. The summed E-state index contributed by atoms with van der Waals surface area (Å²) in [7, 11) is 0. The predicted molar refractivity (Wildman–Crippen MR) is 96.0 cm³/mol. The molecule has 1 heterocycles. The summed E-state index contributed by atoms with van der Waals surface area (Å²) in [6.07, 6.45) is 1.91. The SMILES string of the molecule is CC(C)C(NC(=O)C1CCCN(Cc2ccccc2F)C1)C(C)C. The van der Waals surface area contributed by atoms with E-state index in [1.807, 2.05) is 12.1 Å². The lowest BCUT2D eigenvalue weighted by Gasteiger charge is -2.34. The van der Waals surface area contributed by atoms with E-state index in [1.165, 1.54) is 6.07 Å². The van der Waals surface area contributed by atoms with E-state index in [0.29, 0.717) is 30.5 Å². The number of rotatable bonds is 6. The summed E-state index contributed by atoms with van der Waals surface area (Å²) < 4.78 is 13.8. The van der Waals surface area contributed by atoms with Gasteiger partial charge in [-0.2, -0.15) is 0 Å². The van der Waals surface area contributed by atoms with Crippen molar-refractivity contribution in [3.05, 3.63) is 35.6 Å². The van der Waals surface area contributed by atoms with E-state index in [9.17, 15) is 9.18 Å². The number of nitrogens with zero attached hydrogens (tertiary/aromatic N) is 1. The smallest absolute Gasteiger partial charge is 0.224 e. The van der Waals surface area contributed by atoms with E-state index in [4.69, 9.17) is 0 Å². The monoisotopic (exact) mass is 334 g/mol. The largest absolute Gasteiger partial charge is 0.353 e. The van der Waals surface area contributed by atoms with Crippen molar-refractivity contribution in [2.45, 2.75) is 53.1 Å². The van der Waals surface area contributed by atoms with Crippen molar-refractivity contribution in [3.8, 4) is 0 Å². The fourth-order valence-corrected chi connectivity index (χ4v) is 3.67. The van der Waals surface area contributed by atoms with Gasteiger partial charge in [0.1, 0.15) is 5.82 Å². The van der Waals surface area contributed by atoms with Crippen LogP contribution in [0.25, 0.3) is 0 Å². The van der Waals surface area contributed by atoms with Crippen molar-refractivity contribution < 1.29 is 9.18 Å². The first-order chi connectivity index (χ1) is 11.4. The zero-order chi connectivity index (χ0) is 17.7. The Morgan fingerprint density at radius 1 is 1.25 bits per heavy atom. The molecule has 3 nitrogen and oxygen atoms in total. The van der Waals surface area contributed by atoms with E-state index in [2.05, 4.69) is 37.9 Å². The number of hydrogen-bond donors (Lipinski definition) is 1. The number of hydrogen-bond acceptors (Lipinski definition) is 2. The summed E-state index contributed by atoms with van der Waals surface area (Å²) in [4.78, 5) is 14.9. The number of likely N-dealkylation sites (tertiary alicyclic amines) is 1. The van der Waals surface area contributed by atoms with Crippen LogP contribution < -0.4 is 5.32 Å². The van der Waals surface area contributed by atoms with E-state index in [0.717, 1.165) is 19.4 Å². The van der Waals surface area contributed by atoms with Gasteiger partial charge in [-0.05, 0) is 37.3 Å². The van der Waals surface area contributed by atoms with Crippen LogP contribution in [0.3, 0.4) is 0 Å². The Bertz CT molecular complexity index is 536. The molecule has 1 saturated heterocycles. The number of carbonyl (C=O) groups is 1. The zero-order valence-electron chi connectivity index (χ0n) is 15.4. The minimum absolute atomic E-state index is 0.00511. The molecular formula is C20H31FN2O. The summed E-state index contributed by atoms with van der Waals surface area (Å²) in [6.45, 7) is 10.8. The normalized spacial score (nSPS) is 19.2. The molecule has 1 aromatic rings. The number of amides is 1. The average molecular weight is 334 g/mol. The molecule has 1 unspecified atom stereocenters. The highest BCUT2D eigenvalue weighted by molar-refractivity contribution is 5.79. The third-order valence-corrected chi connectivity index (χ3v) is 4.97. The van der Waals surface area contributed by atoms with Gasteiger partial charge in [-0.25, -0.2) is 4.39 Å². The second-order valence-electron chi connectivity index (χ2n) is 7.69. The molecule has 1 N–H and O–H groups in total. The Morgan fingerprint density at radius 3 is 2.54 bits per heavy atom. The lowest BCUT2D eigenvalue weighted by atomic mass is 9.91. The minimum Gasteiger partial charge on any atom is -0.353 e. The Morgan fingerprint density at radius 2 is 1.92 bits per heavy atom. The molecule has 0 aliphatic carbocycles. The van der Waals surface area contributed by atoms with Crippen LogP contribution in [0.2, 0.25) is 0 Å². The summed E-state index contributed by atoms with van der Waals surface area (Å²) >= 11 is 0. The van der Waals surface area contributed by atoms with E-state index >= 15 is 0 Å². The average Bonchev–Trinajstić information content (AvgIpc) is 2.54. The Kier molecular flexibility index (Phi) is 6.79. The molecule has 1 aliphatic heterocycles. The van der Waals surface area contributed by atoms with Crippen LogP contribution in [0.5, 0.6) is 0 Å². The number of piperidine rings is 1. The number of benzene rings is 1. The Hall–Kier alpha value is -1.42. The minimum atomic E-state index is -0.163. The van der Waals surface area contributed by atoms with Gasteiger partial charge >= 0.3 is 0 Å². The van der Waals surface area contributed by atoms with Gasteiger partial charge in [-0.1, -0.05) is 45.9 Å². The van der Waals surface area contributed by atoms with Crippen LogP contribution in [0, 0.1) is 23.6 Å². The molecule has 0 saturated carbocycles. The van der Waals surface area contributed by atoms with Gasteiger partial charge in [-0.15, -0.1) is 0 Å². The molecule has 1 fully saturated rings. The molecule has 1 aliphatic rings. The van der Waals surface area contributed by atoms with Crippen LogP contribution >= 0.6 is 0 Å². The first kappa shape index (κ1) is 18.9. The lowest BCUT2D eigenvalue weighted by molar-refractivity contribution is -0.128. The zero-order valence-corrected chi connectivity index (χ0v) is 15.4. The molecule has 1 aromatic carbocycles. The molecule has 0 radical (unpaired) electrons. The van der Waals surface area contributed by atoms with E-state index in [-0.39, 0.29) is 23.7 Å². The van der Waals surface area contributed by atoms with Crippen molar-refractivity contribution >= 4 is 5.91 Å². The summed E-state index contributed by atoms with van der Waals surface area (Å²) in [5.41, 5.74) is 0.709. The molecule has 134 valence electrons. The first-order valence-corrected chi connectivity index (χ1v) is 9.14. The molecule has 0 spiro atoms. The van der Waals surface area contributed by atoms with Crippen LogP contribution in [0.1, 0.15) is 46.1 Å². The molecule has 24 heavy (non-hydrogen) atoms. The maximum Gasteiger partial charge on any atom is 0.224 e. The van der Waals surface area contributed by atoms with Crippen LogP contribution in [-0.4, -0.2) is 29.9 Å². The highest BCUT2D eigenvalue weighted by Crippen LogP contribution is 2.21. The van der Waals surface area contributed by atoms with E-state index < -0.39 is 0 Å². The van der Waals surface area contributed by atoms with Crippen molar-refractivity contribution in [1.82, 2.24) is 10.2 Å². The fourth-order valence-electron chi connectivity index (χ4n) is 3.67. The van der Waals surface area contributed by atoms with Crippen molar-refractivity contribution in [1.29, 1.82) is 0 Å². The third-order valence-electron chi connectivity index (χ3n) is 4.97. The maximum absolute atomic E-state index is 13.8. The summed E-state index contributed by atoms with van der Waals surface area (Å²) in [5, 5.41) is 3.24. The maximum atomic E-state index is 13.8. The molecule has 4 heteroatoms. The topological polar surface area (TPSA) is 32.3 Å². The van der Waals surface area contributed by atoms with Crippen LogP contribution in [0.4, 0.5) is 4.39 Å². The van der Waals surface area contributed by atoms with E-state index in [1.54, 1.807) is 6.07 Å². The molecular weight excluding hydrogens is 303 g/mol. The molecule has 2 rings (SSSR count).